The molecule has 2 aromatic rings. The van der Waals surface area contributed by atoms with E-state index in [4.69, 9.17) is 5.10 Å². The van der Waals surface area contributed by atoms with Crippen molar-refractivity contribution in [3.05, 3.63) is 52.6 Å². The summed E-state index contributed by atoms with van der Waals surface area (Å²) in [6.45, 7) is 0.557. The molecule has 1 amide bonds. The van der Waals surface area contributed by atoms with Crippen LogP contribution < -0.4 is 0 Å². The Morgan fingerprint density at radius 2 is 2.00 bits per heavy atom. The molecule has 5 heteroatoms. The molecule has 0 aliphatic heterocycles. The first-order valence-electron chi connectivity index (χ1n) is 9.70. The average Bonchev–Trinajstić information content (AvgIpc) is 3.35. The minimum atomic E-state index is -0.300. The van der Waals surface area contributed by atoms with Crippen molar-refractivity contribution in [2.45, 2.75) is 64.0 Å². The highest BCUT2D eigenvalue weighted by Crippen LogP contribution is 2.29. The standard InChI is InChI=1S/C21H26FN3O/c1-24-20-12-6-10-17(20)19(23-24)14-25(16-8-3-4-9-16)21(26)13-15-7-2-5-11-18(15)22/h2,5,7,11,16H,3-4,6,8-10,12-14H2,1H3. The van der Waals surface area contributed by atoms with E-state index >= 15 is 0 Å². The van der Waals surface area contributed by atoms with Crippen LogP contribution in [0.4, 0.5) is 4.39 Å². The molecule has 2 aliphatic rings. The minimum Gasteiger partial charge on any atom is -0.333 e. The highest BCUT2D eigenvalue weighted by atomic mass is 19.1. The van der Waals surface area contributed by atoms with Crippen LogP contribution in [0.5, 0.6) is 0 Å². The van der Waals surface area contributed by atoms with Crippen molar-refractivity contribution in [3.63, 3.8) is 0 Å². The summed E-state index contributed by atoms with van der Waals surface area (Å²) >= 11 is 0. The molecule has 0 atom stereocenters. The molecule has 1 aromatic heterocycles. The van der Waals surface area contributed by atoms with Crippen molar-refractivity contribution >= 4 is 5.91 Å². The van der Waals surface area contributed by atoms with Crippen LogP contribution in [0.15, 0.2) is 24.3 Å². The Kier molecular flexibility index (Phi) is 4.79. The van der Waals surface area contributed by atoms with Gasteiger partial charge in [-0.25, -0.2) is 4.39 Å². The average molecular weight is 355 g/mol. The number of carbonyl (C=O) groups excluding carboxylic acids is 1. The van der Waals surface area contributed by atoms with E-state index < -0.39 is 0 Å². The Hall–Kier alpha value is -2.17. The van der Waals surface area contributed by atoms with E-state index in [1.807, 2.05) is 16.6 Å². The summed E-state index contributed by atoms with van der Waals surface area (Å²) in [5.41, 5.74) is 4.16. The number of hydrogen-bond donors (Lipinski definition) is 0. The number of nitrogens with zero attached hydrogens (tertiary/aromatic N) is 3. The predicted octanol–water partition coefficient (Wildman–Crippen LogP) is 3.56. The van der Waals surface area contributed by atoms with Crippen molar-refractivity contribution < 1.29 is 9.18 Å². The molecule has 1 saturated carbocycles. The third kappa shape index (κ3) is 3.27. The Morgan fingerprint density at radius 3 is 2.77 bits per heavy atom. The van der Waals surface area contributed by atoms with E-state index in [9.17, 15) is 9.18 Å². The molecule has 0 spiro atoms. The van der Waals surface area contributed by atoms with E-state index in [0.29, 0.717) is 12.1 Å². The first kappa shape index (κ1) is 17.3. The fourth-order valence-corrected chi connectivity index (χ4v) is 4.53. The zero-order chi connectivity index (χ0) is 18.1. The lowest BCUT2D eigenvalue weighted by Crippen LogP contribution is -2.39. The van der Waals surface area contributed by atoms with Crippen LogP contribution in [0.25, 0.3) is 0 Å². The molecule has 0 bridgehead atoms. The molecule has 2 aliphatic carbocycles. The van der Waals surface area contributed by atoms with E-state index in [2.05, 4.69) is 0 Å². The van der Waals surface area contributed by atoms with Gasteiger partial charge in [-0.05, 0) is 49.3 Å². The maximum absolute atomic E-state index is 14.0. The number of halogens is 1. The first-order chi connectivity index (χ1) is 12.6. The highest BCUT2D eigenvalue weighted by Gasteiger charge is 2.30. The second-order valence-corrected chi connectivity index (χ2v) is 7.58. The summed E-state index contributed by atoms with van der Waals surface area (Å²) in [5.74, 6) is -0.287. The zero-order valence-corrected chi connectivity index (χ0v) is 15.4. The van der Waals surface area contributed by atoms with E-state index in [0.717, 1.165) is 44.2 Å². The van der Waals surface area contributed by atoms with Gasteiger partial charge in [0, 0.05) is 18.8 Å². The van der Waals surface area contributed by atoms with E-state index in [1.165, 1.54) is 23.7 Å². The number of fused-ring (bicyclic) bond motifs is 1. The smallest absolute Gasteiger partial charge is 0.227 e. The van der Waals surface area contributed by atoms with Gasteiger partial charge in [-0.15, -0.1) is 0 Å². The van der Waals surface area contributed by atoms with Gasteiger partial charge in [0.25, 0.3) is 0 Å². The summed E-state index contributed by atoms with van der Waals surface area (Å²) in [5, 5.41) is 4.70. The first-order valence-corrected chi connectivity index (χ1v) is 9.70. The number of hydrogen-bond acceptors (Lipinski definition) is 2. The quantitative estimate of drug-likeness (QED) is 0.822. The Morgan fingerprint density at radius 1 is 1.23 bits per heavy atom. The van der Waals surface area contributed by atoms with Gasteiger partial charge in [0.05, 0.1) is 18.7 Å². The van der Waals surface area contributed by atoms with Crippen molar-refractivity contribution in [2.24, 2.45) is 7.05 Å². The lowest BCUT2D eigenvalue weighted by atomic mass is 10.1. The van der Waals surface area contributed by atoms with Crippen LogP contribution in [0.3, 0.4) is 0 Å². The number of amides is 1. The SMILES string of the molecule is Cn1nc(CN(C(=O)Cc2ccccc2F)C2CCCC2)c2c1CCC2. The van der Waals surface area contributed by atoms with Gasteiger partial charge >= 0.3 is 0 Å². The fraction of sp³-hybridized carbons (Fsp3) is 0.524. The van der Waals surface area contributed by atoms with Gasteiger partial charge in [0.2, 0.25) is 5.91 Å². The van der Waals surface area contributed by atoms with Crippen LogP contribution in [-0.2, 0) is 37.6 Å². The number of benzene rings is 1. The molecule has 0 N–H and O–H groups in total. The van der Waals surface area contributed by atoms with Gasteiger partial charge in [0.1, 0.15) is 5.82 Å². The van der Waals surface area contributed by atoms with Crippen molar-refractivity contribution in [1.29, 1.82) is 0 Å². The van der Waals surface area contributed by atoms with Gasteiger partial charge < -0.3 is 4.90 Å². The van der Waals surface area contributed by atoms with Gasteiger partial charge in [-0.2, -0.15) is 5.10 Å². The molecular weight excluding hydrogens is 329 g/mol. The maximum atomic E-state index is 14.0. The molecule has 4 rings (SSSR count). The molecule has 0 saturated heterocycles. The summed E-state index contributed by atoms with van der Waals surface area (Å²) in [6, 6.07) is 6.84. The molecule has 26 heavy (non-hydrogen) atoms. The van der Waals surface area contributed by atoms with Crippen molar-refractivity contribution in [2.75, 3.05) is 0 Å². The molecule has 1 aromatic carbocycles. The van der Waals surface area contributed by atoms with Crippen LogP contribution in [0, 0.1) is 5.82 Å². The third-order valence-electron chi connectivity index (χ3n) is 5.90. The molecule has 138 valence electrons. The second-order valence-electron chi connectivity index (χ2n) is 7.58. The summed E-state index contributed by atoms with van der Waals surface area (Å²) < 4.78 is 16.0. The fourth-order valence-electron chi connectivity index (χ4n) is 4.53. The number of aryl methyl sites for hydroxylation is 1. The monoisotopic (exact) mass is 355 g/mol. The number of carbonyl (C=O) groups is 1. The largest absolute Gasteiger partial charge is 0.333 e. The van der Waals surface area contributed by atoms with Crippen molar-refractivity contribution in [3.8, 4) is 0 Å². The van der Waals surface area contributed by atoms with Crippen LogP contribution in [0.1, 0.15) is 54.6 Å². The number of rotatable bonds is 5. The van der Waals surface area contributed by atoms with Gasteiger partial charge in [0.15, 0.2) is 0 Å². The minimum absolute atomic E-state index is 0.0133. The molecule has 0 unspecified atom stereocenters. The summed E-state index contributed by atoms with van der Waals surface area (Å²) in [4.78, 5) is 15.1. The van der Waals surface area contributed by atoms with Crippen LogP contribution in [0.2, 0.25) is 0 Å². The number of aromatic nitrogens is 2. The second kappa shape index (κ2) is 7.22. The van der Waals surface area contributed by atoms with E-state index in [-0.39, 0.29) is 24.2 Å². The van der Waals surface area contributed by atoms with Crippen LogP contribution in [-0.4, -0.2) is 26.6 Å². The highest BCUT2D eigenvalue weighted by molar-refractivity contribution is 5.79. The Labute approximate surface area is 154 Å². The lowest BCUT2D eigenvalue weighted by molar-refractivity contribution is -0.133. The zero-order valence-electron chi connectivity index (χ0n) is 15.4. The lowest BCUT2D eigenvalue weighted by Gasteiger charge is -2.29. The van der Waals surface area contributed by atoms with Gasteiger partial charge in [-0.3, -0.25) is 9.48 Å². The molecule has 0 radical (unpaired) electrons. The summed E-state index contributed by atoms with van der Waals surface area (Å²) in [6.07, 6.45) is 7.82. The summed E-state index contributed by atoms with van der Waals surface area (Å²) in [7, 11) is 1.99. The third-order valence-corrected chi connectivity index (χ3v) is 5.90. The predicted molar refractivity (Wildman–Crippen MR) is 98.1 cm³/mol. The van der Waals surface area contributed by atoms with Gasteiger partial charge in [-0.1, -0.05) is 31.0 Å². The molecular formula is C21H26FN3O. The maximum Gasteiger partial charge on any atom is 0.227 e. The Balaban J connectivity index is 1.57. The van der Waals surface area contributed by atoms with Crippen LogP contribution >= 0.6 is 0 Å². The van der Waals surface area contributed by atoms with Crippen molar-refractivity contribution in [1.82, 2.24) is 14.7 Å². The van der Waals surface area contributed by atoms with E-state index in [1.54, 1.807) is 18.2 Å². The Bertz CT molecular complexity index is 808. The molecule has 1 heterocycles. The molecule has 4 nitrogen and oxygen atoms in total. The topological polar surface area (TPSA) is 38.1 Å². The normalized spacial score (nSPS) is 16.8. The molecule has 1 fully saturated rings.